The minimum Gasteiger partial charge on any atom is -0.481 e. The summed E-state index contributed by atoms with van der Waals surface area (Å²) < 4.78 is 0. The second-order valence-corrected chi connectivity index (χ2v) is 3.91. The zero-order valence-electron chi connectivity index (χ0n) is 10.1. The third-order valence-electron chi connectivity index (χ3n) is 2.66. The second-order valence-electron chi connectivity index (χ2n) is 3.91. The number of anilines is 1. The van der Waals surface area contributed by atoms with E-state index in [1.54, 1.807) is 19.1 Å². The van der Waals surface area contributed by atoms with Crippen LogP contribution >= 0.6 is 0 Å². The van der Waals surface area contributed by atoms with Crippen LogP contribution in [0.1, 0.15) is 19.4 Å². The van der Waals surface area contributed by atoms with Crippen LogP contribution in [0, 0.1) is 17.2 Å². The van der Waals surface area contributed by atoms with Gasteiger partial charge in [-0.1, -0.05) is 19.1 Å². The van der Waals surface area contributed by atoms with Gasteiger partial charge in [-0.2, -0.15) is 5.26 Å². The van der Waals surface area contributed by atoms with E-state index in [0.29, 0.717) is 18.7 Å². The lowest BCUT2D eigenvalue weighted by Gasteiger charge is -2.25. The minimum atomic E-state index is -0.821. The van der Waals surface area contributed by atoms with Gasteiger partial charge in [0.25, 0.3) is 0 Å². The Balaban J connectivity index is 2.94. The fraction of sp³-hybridized carbons (Fsp3) is 0.385. The Bertz CT molecular complexity index is 437. The van der Waals surface area contributed by atoms with Gasteiger partial charge >= 0.3 is 5.97 Å². The first-order chi connectivity index (χ1) is 8.10. The number of rotatable bonds is 5. The summed E-state index contributed by atoms with van der Waals surface area (Å²) in [5.74, 6) is -1.28. The number of benzene rings is 1. The number of hydrogen-bond donors (Lipinski definition) is 1. The van der Waals surface area contributed by atoms with Crippen molar-refractivity contribution in [2.45, 2.75) is 13.8 Å². The number of nitrogens with zero attached hydrogens (tertiary/aromatic N) is 2. The Labute approximate surface area is 101 Å². The quantitative estimate of drug-likeness (QED) is 0.844. The molecule has 1 aromatic carbocycles. The molecule has 0 saturated carbocycles. The molecule has 0 heterocycles. The molecule has 0 aliphatic carbocycles. The average molecular weight is 232 g/mol. The van der Waals surface area contributed by atoms with Crippen LogP contribution in [0.5, 0.6) is 0 Å². The van der Waals surface area contributed by atoms with E-state index in [-0.39, 0.29) is 0 Å². The van der Waals surface area contributed by atoms with E-state index in [9.17, 15) is 4.79 Å². The lowest BCUT2D eigenvalue weighted by atomic mass is 10.1. The maximum Gasteiger partial charge on any atom is 0.308 e. The highest BCUT2D eigenvalue weighted by atomic mass is 16.4. The first kappa shape index (κ1) is 13.0. The summed E-state index contributed by atoms with van der Waals surface area (Å²) in [5.41, 5.74) is 1.37. The maximum atomic E-state index is 10.8. The zero-order valence-corrected chi connectivity index (χ0v) is 10.1. The Morgan fingerprint density at radius 1 is 1.53 bits per heavy atom. The number of aliphatic carboxylic acids is 1. The molecule has 90 valence electrons. The van der Waals surface area contributed by atoms with Crippen LogP contribution in [-0.4, -0.2) is 24.2 Å². The van der Waals surface area contributed by atoms with Crippen molar-refractivity contribution >= 4 is 11.7 Å². The molecule has 0 radical (unpaired) electrons. The third kappa shape index (κ3) is 3.22. The van der Waals surface area contributed by atoms with Gasteiger partial charge in [0.05, 0.1) is 17.2 Å². The van der Waals surface area contributed by atoms with Crippen LogP contribution in [0.2, 0.25) is 0 Å². The fourth-order valence-corrected chi connectivity index (χ4v) is 1.65. The van der Waals surface area contributed by atoms with Crippen molar-refractivity contribution in [3.8, 4) is 6.07 Å². The Morgan fingerprint density at radius 2 is 2.18 bits per heavy atom. The van der Waals surface area contributed by atoms with Crippen LogP contribution in [0.4, 0.5) is 5.69 Å². The summed E-state index contributed by atoms with van der Waals surface area (Å²) in [6.45, 7) is 4.70. The van der Waals surface area contributed by atoms with Gasteiger partial charge in [-0.15, -0.1) is 0 Å². The van der Waals surface area contributed by atoms with E-state index in [2.05, 4.69) is 6.07 Å². The number of nitriles is 1. The number of carboxylic acids is 1. The van der Waals surface area contributed by atoms with Crippen molar-refractivity contribution in [2.24, 2.45) is 5.92 Å². The average Bonchev–Trinajstić information content (AvgIpc) is 2.35. The molecule has 4 heteroatoms. The summed E-state index contributed by atoms with van der Waals surface area (Å²) >= 11 is 0. The molecule has 4 nitrogen and oxygen atoms in total. The summed E-state index contributed by atoms with van der Waals surface area (Å²) in [7, 11) is 0. The normalized spacial score (nSPS) is 11.6. The summed E-state index contributed by atoms with van der Waals surface area (Å²) in [4.78, 5) is 12.8. The summed E-state index contributed by atoms with van der Waals surface area (Å²) in [6.07, 6.45) is 0. The molecule has 1 aromatic rings. The molecule has 1 unspecified atom stereocenters. The predicted octanol–water partition coefficient (Wildman–Crippen LogP) is 2.11. The lowest BCUT2D eigenvalue weighted by molar-refractivity contribution is -0.140. The minimum absolute atomic E-state index is 0.407. The van der Waals surface area contributed by atoms with E-state index in [1.807, 2.05) is 24.0 Å². The summed E-state index contributed by atoms with van der Waals surface area (Å²) in [5, 5.41) is 17.9. The van der Waals surface area contributed by atoms with E-state index >= 15 is 0 Å². The standard InChI is InChI=1S/C13H16N2O2/c1-3-15(9-10(2)13(16)17)12-7-5-4-6-11(12)8-14/h4-7,10H,3,9H2,1-2H3,(H,16,17). The molecule has 1 rings (SSSR count). The van der Waals surface area contributed by atoms with Gasteiger partial charge in [0, 0.05) is 13.1 Å². The zero-order chi connectivity index (χ0) is 12.8. The predicted molar refractivity (Wildman–Crippen MR) is 65.8 cm³/mol. The molecule has 0 aliphatic rings. The Hall–Kier alpha value is -2.02. The van der Waals surface area contributed by atoms with E-state index < -0.39 is 11.9 Å². The fourth-order valence-electron chi connectivity index (χ4n) is 1.65. The third-order valence-corrected chi connectivity index (χ3v) is 2.66. The van der Waals surface area contributed by atoms with Crippen LogP contribution in [0.25, 0.3) is 0 Å². The largest absolute Gasteiger partial charge is 0.481 e. The molecular formula is C13H16N2O2. The van der Waals surface area contributed by atoms with Gasteiger partial charge in [0.2, 0.25) is 0 Å². The van der Waals surface area contributed by atoms with E-state index in [0.717, 1.165) is 5.69 Å². The van der Waals surface area contributed by atoms with Gasteiger partial charge in [-0.05, 0) is 19.1 Å². The van der Waals surface area contributed by atoms with Crippen LogP contribution in [0.15, 0.2) is 24.3 Å². The molecule has 0 aromatic heterocycles. The van der Waals surface area contributed by atoms with Crippen LogP contribution < -0.4 is 4.90 Å². The Morgan fingerprint density at radius 3 is 2.71 bits per heavy atom. The first-order valence-corrected chi connectivity index (χ1v) is 5.57. The number of carbonyl (C=O) groups is 1. The van der Waals surface area contributed by atoms with Gasteiger partial charge in [0.1, 0.15) is 6.07 Å². The molecule has 1 N–H and O–H groups in total. The van der Waals surface area contributed by atoms with E-state index in [4.69, 9.17) is 10.4 Å². The highest BCUT2D eigenvalue weighted by Gasteiger charge is 2.17. The van der Waals surface area contributed by atoms with Crippen LogP contribution in [-0.2, 0) is 4.79 Å². The van der Waals surface area contributed by atoms with Crippen molar-refractivity contribution in [2.75, 3.05) is 18.0 Å². The molecule has 0 saturated heterocycles. The topological polar surface area (TPSA) is 64.3 Å². The highest BCUT2D eigenvalue weighted by molar-refractivity contribution is 5.71. The SMILES string of the molecule is CCN(CC(C)C(=O)O)c1ccccc1C#N. The number of para-hydroxylation sites is 1. The first-order valence-electron chi connectivity index (χ1n) is 5.57. The number of carboxylic acid groups (broad SMARTS) is 1. The molecule has 0 bridgehead atoms. The van der Waals surface area contributed by atoms with Gasteiger partial charge < -0.3 is 10.0 Å². The van der Waals surface area contributed by atoms with Crippen molar-refractivity contribution in [3.63, 3.8) is 0 Å². The van der Waals surface area contributed by atoms with Crippen molar-refractivity contribution in [3.05, 3.63) is 29.8 Å². The van der Waals surface area contributed by atoms with Crippen molar-refractivity contribution in [1.29, 1.82) is 5.26 Å². The van der Waals surface area contributed by atoms with Crippen molar-refractivity contribution < 1.29 is 9.90 Å². The molecule has 0 fully saturated rings. The maximum absolute atomic E-state index is 10.8. The highest BCUT2D eigenvalue weighted by Crippen LogP contribution is 2.20. The van der Waals surface area contributed by atoms with Crippen molar-refractivity contribution in [1.82, 2.24) is 0 Å². The van der Waals surface area contributed by atoms with Crippen LogP contribution in [0.3, 0.4) is 0 Å². The smallest absolute Gasteiger partial charge is 0.308 e. The molecular weight excluding hydrogens is 216 g/mol. The molecule has 0 amide bonds. The monoisotopic (exact) mass is 232 g/mol. The number of hydrogen-bond acceptors (Lipinski definition) is 3. The molecule has 0 aliphatic heterocycles. The Kier molecular flexibility index (Phi) is 4.53. The summed E-state index contributed by atoms with van der Waals surface area (Å²) in [6, 6.07) is 9.36. The molecule has 1 atom stereocenters. The lowest BCUT2D eigenvalue weighted by Crippen LogP contribution is -2.32. The molecule has 0 spiro atoms. The van der Waals surface area contributed by atoms with Gasteiger partial charge in [-0.25, -0.2) is 0 Å². The second kappa shape index (κ2) is 5.90. The van der Waals surface area contributed by atoms with Gasteiger partial charge in [0.15, 0.2) is 0 Å². The van der Waals surface area contributed by atoms with E-state index in [1.165, 1.54) is 0 Å². The molecule has 17 heavy (non-hydrogen) atoms. The van der Waals surface area contributed by atoms with Gasteiger partial charge in [-0.3, -0.25) is 4.79 Å².